The fraction of sp³-hybridized carbons (Fsp3) is 0.333. The van der Waals surface area contributed by atoms with E-state index in [0.717, 1.165) is 12.3 Å². The molecule has 0 radical (unpaired) electrons. The predicted octanol–water partition coefficient (Wildman–Crippen LogP) is 2.44. The molecule has 1 aromatic rings. The van der Waals surface area contributed by atoms with E-state index in [0.29, 0.717) is 6.04 Å². The van der Waals surface area contributed by atoms with Crippen LogP contribution in [-0.4, -0.2) is 17.6 Å². The minimum absolute atomic E-state index is 0.519. The molecule has 1 fully saturated rings. The minimum Gasteiger partial charge on any atom is -0.405 e. The van der Waals surface area contributed by atoms with Gasteiger partial charge in [-0.1, -0.05) is 30.3 Å². The van der Waals surface area contributed by atoms with Gasteiger partial charge >= 0.3 is 0 Å². The Morgan fingerprint density at radius 3 is 2.86 bits per heavy atom. The van der Waals surface area contributed by atoms with Gasteiger partial charge in [0.25, 0.3) is 0 Å². The van der Waals surface area contributed by atoms with Crippen molar-refractivity contribution in [2.24, 2.45) is 0 Å². The molecular weight excluding hydrogens is 174 g/mol. The van der Waals surface area contributed by atoms with E-state index in [2.05, 4.69) is 23.3 Å². The first-order valence-corrected chi connectivity index (χ1v) is 5.15. The van der Waals surface area contributed by atoms with Crippen LogP contribution in [0, 0.1) is 0 Å². The monoisotopic (exact) mass is 187 g/mol. The lowest BCUT2D eigenvalue weighted by molar-refractivity contribution is -0.0675. The molecule has 2 aliphatic heterocycles. The quantitative estimate of drug-likeness (QED) is 0.669. The van der Waals surface area contributed by atoms with Crippen LogP contribution >= 0.6 is 0 Å². The summed E-state index contributed by atoms with van der Waals surface area (Å²) in [6, 6.07) is 10.8. The number of rotatable bonds is 1. The van der Waals surface area contributed by atoms with E-state index in [-0.39, 0.29) is 0 Å². The Balaban J connectivity index is 1.88. The van der Waals surface area contributed by atoms with Gasteiger partial charge in [0.05, 0.1) is 6.04 Å². The van der Waals surface area contributed by atoms with Crippen LogP contribution in [0.4, 0.5) is 0 Å². The number of hydrogen-bond acceptors (Lipinski definition) is 2. The van der Waals surface area contributed by atoms with Gasteiger partial charge in [0.15, 0.2) is 5.76 Å². The molecule has 14 heavy (non-hydrogen) atoms. The van der Waals surface area contributed by atoms with E-state index >= 15 is 0 Å². The van der Waals surface area contributed by atoms with Crippen LogP contribution in [0.3, 0.4) is 0 Å². The third-order valence-electron chi connectivity index (χ3n) is 2.87. The predicted molar refractivity (Wildman–Crippen MR) is 55.2 cm³/mol. The number of nitrogens with zero attached hydrogens (tertiary/aromatic N) is 1. The molecule has 0 aliphatic carbocycles. The Hall–Kier alpha value is -1.28. The lowest BCUT2D eigenvalue weighted by Gasteiger charge is -2.14. The summed E-state index contributed by atoms with van der Waals surface area (Å²) in [5.41, 5.74) is 1.18. The lowest BCUT2D eigenvalue weighted by Crippen LogP contribution is -2.21. The summed E-state index contributed by atoms with van der Waals surface area (Å²) in [5, 5.41) is 2.09. The summed E-state index contributed by atoms with van der Waals surface area (Å²) in [5.74, 6) is 1.02. The van der Waals surface area contributed by atoms with E-state index < -0.39 is 0 Å². The molecule has 2 heteroatoms. The summed E-state index contributed by atoms with van der Waals surface area (Å²) in [4.78, 5) is 5.77. The second-order valence-electron chi connectivity index (χ2n) is 3.84. The topological polar surface area (TPSA) is 12.5 Å². The maximum absolute atomic E-state index is 5.77. The molecule has 0 amide bonds. The van der Waals surface area contributed by atoms with Gasteiger partial charge in [-0.05, 0) is 18.9 Å². The molecule has 1 atom stereocenters. The van der Waals surface area contributed by atoms with Crippen molar-refractivity contribution in [1.29, 1.82) is 0 Å². The second kappa shape index (κ2) is 3.14. The fourth-order valence-corrected chi connectivity index (χ4v) is 2.13. The van der Waals surface area contributed by atoms with E-state index in [9.17, 15) is 0 Å². The largest absolute Gasteiger partial charge is 0.405 e. The van der Waals surface area contributed by atoms with Crippen molar-refractivity contribution in [3.05, 3.63) is 42.0 Å². The van der Waals surface area contributed by atoms with Crippen molar-refractivity contribution < 1.29 is 4.84 Å². The lowest BCUT2D eigenvalue weighted by atomic mass is 10.1. The molecule has 1 aromatic carbocycles. The van der Waals surface area contributed by atoms with E-state index in [1.807, 2.05) is 18.2 Å². The Kier molecular flexibility index (Phi) is 1.81. The Morgan fingerprint density at radius 1 is 1.21 bits per heavy atom. The maximum Gasteiger partial charge on any atom is 0.152 e. The first-order chi connectivity index (χ1) is 6.93. The average molecular weight is 187 g/mol. The van der Waals surface area contributed by atoms with Crippen molar-refractivity contribution in [2.45, 2.75) is 18.9 Å². The Bertz CT molecular complexity index is 358. The van der Waals surface area contributed by atoms with Crippen molar-refractivity contribution in [1.82, 2.24) is 5.06 Å². The molecule has 0 saturated carbocycles. The number of hydroxylamine groups is 2. The first-order valence-electron chi connectivity index (χ1n) is 5.15. The van der Waals surface area contributed by atoms with E-state index in [4.69, 9.17) is 4.84 Å². The third kappa shape index (κ3) is 1.23. The van der Waals surface area contributed by atoms with Crippen LogP contribution in [0.1, 0.15) is 18.4 Å². The summed E-state index contributed by atoms with van der Waals surface area (Å²) in [6.07, 6.45) is 4.72. The summed E-state index contributed by atoms with van der Waals surface area (Å²) >= 11 is 0. The van der Waals surface area contributed by atoms with Gasteiger partial charge in [-0.15, -0.1) is 5.06 Å². The number of benzene rings is 1. The Labute approximate surface area is 83.7 Å². The number of hydrogen-bond donors (Lipinski definition) is 0. The first kappa shape index (κ1) is 8.06. The van der Waals surface area contributed by atoms with Crippen LogP contribution < -0.4 is 0 Å². The smallest absolute Gasteiger partial charge is 0.152 e. The Morgan fingerprint density at radius 2 is 2.07 bits per heavy atom. The van der Waals surface area contributed by atoms with Crippen molar-refractivity contribution >= 4 is 5.76 Å². The molecule has 1 saturated heterocycles. The molecule has 0 N–H and O–H groups in total. The highest BCUT2D eigenvalue weighted by molar-refractivity contribution is 5.61. The van der Waals surface area contributed by atoms with Crippen molar-refractivity contribution in [2.75, 3.05) is 6.54 Å². The summed E-state index contributed by atoms with van der Waals surface area (Å²) < 4.78 is 0. The normalized spacial score (nSPS) is 25.7. The van der Waals surface area contributed by atoms with Gasteiger partial charge in [-0.25, -0.2) is 0 Å². The highest BCUT2D eigenvalue weighted by Crippen LogP contribution is 2.32. The molecular formula is C12H13NO. The summed E-state index contributed by atoms with van der Waals surface area (Å²) in [6.45, 7) is 1.07. The number of fused-ring (bicyclic) bond motifs is 1. The highest BCUT2D eigenvalue weighted by atomic mass is 16.7. The van der Waals surface area contributed by atoms with Crippen LogP contribution in [0.5, 0.6) is 0 Å². The van der Waals surface area contributed by atoms with Crippen molar-refractivity contribution in [3.63, 3.8) is 0 Å². The second-order valence-corrected chi connectivity index (χ2v) is 3.84. The standard InChI is InChI=1S/C12H13NO/c1-2-5-10(6-3-1)12-9-11-7-4-8-13(11)14-12/h1-3,5-6,9,11H,4,7-8H2. The third-order valence-corrected chi connectivity index (χ3v) is 2.87. The van der Waals surface area contributed by atoms with Gasteiger partial charge in [0, 0.05) is 12.1 Å². The van der Waals surface area contributed by atoms with Gasteiger partial charge in [-0.2, -0.15) is 0 Å². The van der Waals surface area contributed by atoms with Crippen LogP contribution in [-0.2, 0) is 4.84 Å². The van der Waals surface area contributed by atoms with Gasteiger partial charge < -0.3 is 4.84 Å². The maximum atomic E-state index is 5.77. The SMILES string of the molecule is C1=C(c2ccccc2)ON2CCCC12. The van der Waals surface area contributed by atoms with Crippen molar-refractivity contribution in [3.8, 4) is 0 Å². The average Bonchev–Trinajstić information content (AvgIpc) is 2.78. The fourth-order valence-electron chi connectivity index (χ4n) is 2.13. The van der Waals surface area contributed by atoms with Crippen LogP contribution in [0.15, 0.2) is 36.4 Å². The molecule has 0 bridgehead atoms. The highest BCUT2D eigenvalue weighted by Gasteiger charge is 2.31. The van der Waals surface area contributed by atoms with Crippen LogP contribution in [0.25, 0.3) is 5.76 Å². The zero-order valence-electron chi connectivity index (χ0n) is 8.02. The molecule has 1 unspecified atom stereocenters. The van der Waals surface area contributed by atoms with Crippen LogP contribution in [0.2, 0.25) is 0 Å². The van der Waals surface area contributed by atoms with E-state index in [1.165, 1.54) is 18.4 Å². The zero-order valence-corrected chi connectivity index (χ0v) is 8.02. The molecule has 2 aliphatic rings. The summed E-state index contributed by atoms with van der Waals surface area (Å²) in [7, 11) is 0. The molecule has 0 spiro atoms. The van der Waals surface area contributed by atoms with Gasteiger partial charge in [0.2, 0.25) is 0 Å². The van der Waals surface area contributed by atoms with E-state index in [1.54, 1.807) is 0 Å². The minimum atomic E-state index is 0.519. The zero-order chi connectivity index (χ0) is 9.38. The molecule has 72 valence electrons. The molecule has 0 aromatic heterocycles. The van der Waals surface area contributed by atoms with Gasteiger partial charge in [-0.3, -0.25) is 0 Å². The molecule has 3 rings (SSSR count). The van der Waals surface area contributed by atoms with Gasteiger partial charge in [0.1, 0.15) is 0 Å². The molecule has 2 nitrogen and oxygen atoms in total. The molecule has 2 heterocycles.